The Balaban J connectivity index is -0.000000770. The summed E-state index contributed by atoms with van der Waals surface area (Å²) in [4.78, 5) is 21.5. The van der Waals surface area contributed by atoms with Crippen LogP contribution in [0.1, 0.15) is 158 Å². The summed E-state index contributed by atoms with van der Waals surface area (Å²) in [5.74, 6) is -1.46. The highest BCUT2D eigenvalue weighted by Gasteiger charge is 2.11. The zero-order valence-electron chi connectivity index (χ0n) is 30.0. The van der Waals surface area contributed by atoms with Crippen molar-refractivity contribution in [3.8, 4) is 0 Å². The number of quaternary nitrogens is 2. The van der Waals surface area contributed by atoms with Crippen LogP contribution in [-0.2, 0) is 14.3 Å². The standard InChI is InChI=1S/C22H40O4.2C7H18N/c1-2-3-4-5-6-7-8-9-10-11-12-13-14-15-16-17-20-26-22(25)19-18-21(23)24;2*1-5-8(4,6-2)7-3/h17,20H,2-16,18-19H2,1H3,(H,23,24);2*5-7H2,1-4H3/q;2*+1/b20-17+;;. The fourth-order valence-corrected chi connectivity index (χ4v) is 4.26. The van der Waals surface area contributed by atoms with Gasteiger partial charge in [-0.1, -0.05) is 90.4 Å². The Morgan fingerprint density at radius 2 is 0.881 bits per heavy atom. The summed E-state index contributed by atoms with van der Waals surface area (Å²) in [6.07, 6.45) is 22.8. The van der Waals surface area contributed by atoms with Crippen molar-refractivity contribution < 1.29 is 28.4 Å². The number of esters is 1. The third kappa shape index (κ3) is 33.1. The number of carbonyl (C=O) groups excluding carboxylic acids is 1. The number of carbonyl (C=O) groups is 2. The van der Waals surface area contributed by atoms with Crippen molar-refractivity contribution >= 4 is 11.9 Å². The van der Waals surface area contributed by atoms with Crippen LogP contribution in [0.4, 0.5) is 0 Å². The molecule has 0 unspecified atom stereocenters. The minimum atomic E-state index is -0.978. The fraction of sp³-hybridized carbons (Fsp3) is 0.889. The monoisotopic (exact) mass is 601 g/mol. The van der Waals surface area contributed by atoms with Crippen LogP contribution in [0.2, 0.25) is 0 Å². The molecule has 0 bridgehead atoms. The van der Waals surface area contributed by atoms with E-state index in [0.717, 1.165) is 12.8 Å². The van der Waals surface area contributed by atoms with E-state index in [4.69, 9.17) is 9.84 Å². The highest BCUT2D eigenvalue weighted by molar-refractivity contribution is 5.76. The van der Waals surface area contributed by atoms with E-state index >= 15 is 0 Å². The van der Waals surface area contributed by atoms with Gasteiger partial charge in [-0.05, 0) is 60.5 Å². The Kier molecular flexibility index (Phi) is 34.9. The molecular weight excluding hydrogens is 524 g/mol. The lowest BCUT2D eigenvalue weighted by Crippen LogP contribution is -2.42. The molecule has 0 saturated carbocycles. The van der Waals surface area contributed by atoms with Gasteiger partial charge in [0, 0.05) is 0 Å². The largest absolute Gasteiger partial charge is 0.481 e. The van der Waals surface area contributed by atoms with Gasteiger partial charge in [0.15, 0.2) is 0 Å². The molecule has 1 N–H and O–H groups in total. The molecule has 0 aromatic rings. The molecule has 0 aliphatic rings. The van der Waals surface area contributed by atoms with Gasteiger partial charge in [-0.15, -0.1) is 0 Å². The van der Waals surface area contributed by atoms with Crippen molar-refractivity contribution in [1.82, 2.24) is 0 Å². The first-order valence-corrected chi connectivity index (χ1v) is 17.8. The molecule has 6 heteroatoms. The number of hydrogen-bond acceptors (Lipinski definition) is 3. The van der Waals surface area contributed by atoms with E-state index in [1.54, 1.807) is 0 Å². The van der Waals surface area contributed by atoms with Crippen molar-refractivity contribution in [2.24, 2.45) is 0 Å². The van der Waals surface area contributed by atoms with Gasteiger partial charge in [0.05, 0.1) is 72.5 Å². The number of allylic oxidation sites excluding steroid dienone is 1. The number of aliphatic carboxylic acids is 1. The van der Waals surface area contributed by atoms with Crippen LogP contribution in [-0.4, -0.2) is 79.4 Å². The van der Waals surface area contributed by atoms with E-state index in [1.165, 1.54) is 138 Å². The Hall–Kier alpha value is -1.40. The molecule has 0 fully saturated rings. The second-order valence-electron chi connectivity index (χ2n) is 12.3. The Bertz CT molecular complexity index is 579. The lowest BCUT2D eigenvalue weighted by atomic mass is 10.0. The van der Waals surface area contributed by atoms with E-state index < -0.39 is 11.9 Å². The predicted molar refractivity (Wildman–Crippen MR) is 183 cm³/mol. The maximum absolute atomic E-state index is 11.2. The van der Waals surface area contributed by atoms with Crippen molar-refractivity contribution in [2.75, 3.05) is 53.4 Å². The van der Waals surface area contributed by atoms with Crippen LogP contribution in [0.5, 0.6) is 0 Å². The topological polar surface area (TPSA) is 63.6 Å². The van der Waals surface area contributed by atoms with Crippen molar-refractivity contribution in [3.63, 3.8) is 0 Å². The minimum Gasteiger partial charge on any atom is -0.481 e. The second-order valence-corrected chi connectivity index (χ2v) is 12.3. The van der Waals surface area contributed by atoms with Crippen molar-refractivity contribution in [2.45, 2.75) is 158 Å². The van der Waals surface area contributed by atoms with Gasteiger partial charge < -0.3 is 18.8 Å². The van der Waals surface area contributed by atoms with Gasteiger partial charge in [0.25, 0.3) is 0 Å². The molecule has 0 aliphatic carbocycles. The average Bonchev–Trinajstić information content (AvgIpc) is 3.01. The Labute approximate surface area is 263 Å². The minimum absolute atomic E-state index is 0.0709. The number of hydrogen-bond donors (Lipinski definition) is 1. The smallest absolute Gasteiger partial charge is 0.311 e. The molecule has 0 heterocycles. The highest BCUT2D eigenvalue weighted by atomic mass is 16.5. The molecule has 0 aliphatic heterocycles. The molecular formula is C36H76N2O4+2. The van der Waals surface area contributed by atoms with Crippen LogP contribution in [0.3, 0.4) is 0 Å². The molecule has 0 saturated heterocycles. The van der Waals surface area contributed by atoms with Crippen molar-refractivity contribution in [3.05, 3.63) is 12.3 Å². The molecule has 0 atom stereocenters. The van der Waals surface area contributed by atoms with Gasteiger partial charge in [-0.25, -0.2) is 0 Å². The van der Waals surface area contributed by atoms with Gasteiger partial charge in [0.2, 0.25) is 0 Å². The number of carboxylic acids is 1. The molecule has 252 valence electrons. The SMILES string of the molecule is CCCCCCCCCCCCCCCC/C=C/OC(=O)CCC(=O)O.CC[N+](C)(CC)CC.CC[N+](C)(CC)CC. The first-order valence-electron chi connectivity index (χ1n) is 17.8. The molecule has 42 heavy (non-hydrogen) atoms. The average molecular weight is 601 g/mol. The van der Waals surface area contributed by atoms with E-state index in [0.29, 0.717) is 0 Å². The molecule has 0 rings (SSSR count). The third-order valence-electron chi connectivity index (χ3n) is 9.14. The van der Waals surface area contributed by atoms with Gasteiger partial charge in [0.1, 0.15) is 0 Å². The van der Waals surface area contributed by atoms with E-state index in [2.05, 4.69) is 62.6 Å². The molecule has 0 aromatic heterocycles. The van der Waals surface area contributed by atoms with E-state index in [9.17, 15) is 9.59 Å². The van der Waals surface area contributed by atoms with Crippen LogP contribution in [0.15, 0.2) is 12.3 Å². The van der Waals surface area contributed by atoms with Gasteiger partial charge in [-0.2, -0.15) is 0 Å². The molecule has 0 radical (unpaired) electrons. The molecule has 0 spiro atoms. The molecule has 0 aromatic carbocycles. The Morgan fingerprint density at radius 1 is 0.548 bits per heavy atom. The van der Waals surface area contributed by atoms with Gasteiger partial charge >= 0.3 is 11.9 Å². The summed E-state index contributed by atoms with van der Waals surface area (Å²) in [5.41, 5.74) is 0. The molecule has 0 amide bonds. The summed E-state index contributed by atoms with van der Waals surface area (Å²) >= 11 is 0. The molecule has 6 nitrogen and oxygen atoms in total. The summed E-state index contributed by atoms with van der Waals surface area (Å²) in [5, 5.41) is 8.46. The van der Waals surface area contributed by atoms with Crippen LogP contribution in [0.25, 0.3) is 0 Å². The van der Waals surface area contributed by atoms with Crippen LogP contribution < -0.4 is 0 Å². The maximum Gasteiger partial charge on any atom is 0.311 e. The van der Waals surface area contributed by atoms with E-state index in [1.807, 2.05) is 6.08 Å². The zero-order valence-corrected chi connectivity index (χ0v) is 30.0. The fourth-order valence-electron chi connectivity index (χ4n) is 4.26. The lowest BCUT2D eigenvalue weighted by molar-refractivity contribution is -0.904. The lowest BCUT2D eigenvalue weighted by Gasteiger charge is -2.30. The Morgan fingerprint density at radius 3 is 1.17 bits per heavy atom. The zero-order chi connectivity index (χ0) is 32.5. The highest BCUT2D eigenvalue weighted by Crippen LogP contribution is 2.13. The normalized spacial score (nSPS) is 11.5. The van der Waals surface area contributed by atoms with Crippen LogP contribution >= 0.6 is 0 Å². The van der Waals surface area contributed by atoms with E-state index in [-0.39, 0.29) is 12.8 Å². The summed E-state index contributed by atoms with van der Waals surface area (Å²) in [6, 6.07) is 0. The predicted octanol–water partition coefficient (Wildman–Crippen LogP) is 9.76. The van der Waals surface area contributed by atoms with Gasteiger partial charge in [-0.3, -0.25) is 9.59 Å². The summed E-state index contributed by atoms with van der Waals surface area (Å²) < 4.78 is 7.25. The number of rotatable bonds is 25. The summed E-state index contributed by atoms with van der Waals surface area (Å²) in [7, 11) is 4.58. The number of unbranched alkanes of at least 4 members (excludes halogenated alkanes) is 14. The van der Waals surface area contributed by atoms with Crippen LogP contribution in [0, 0.1) is 0 Å². The number of ether oxygens (including phenoxy) is 1. The summed E-state index contributed by atoms with van der Waals surface area (Å²) in [6.45, 7) is 23.3. The first-order chi connectivity index (χ1) is 20.0. The first kappa shape index (κ1) is 45.0. The second kappa shape index (κ2) is 32.5. The van der Waals surface area contributed by atoms with Crippen molar-refractivity contribution in [1.29, 1.82) is 0 Å². The maximum atomic E-state index is 11.2. The quantitative estimate of drug-likeness (QED) is 0.0490. The number of carboxylic acid groups (broad SMARTS) is 1. The number of nitrogens with zero attached hydrogens (tertiary/aromatic N) is 2. The third-order valence-corrected chi connectivity index (χ3v) is 9.14.